The molecule has 3 saturated heterocycles. The van der Waals surface area contributed by atoms with Crippen LogP contribution in [0.2, 0.25) is 0 Å². The molecule has 6 amide bonds. The monoisotopic (exact) mass is 868 g/mol. The summed E-state index contributed by atoms with van der Waals surface area (Å²) in [7, 11) is 1.83. The summed E-state index contributed by atoms with van der Waals surface area (Å²) in [6, 6.07) is 18.7. The Labute approximate surface area is 368 Å². The average Bonchev–Trinajstić information content (AvgIpc) is 4.04. The molecule has 0 unspecified atom stereocenters. The number of carbonyl (C=O) groups is 6. The highest BCUT2D eigenvalue weighted by Crippen LogP contribution is 2.22. The molecular formula is C46H64N10O7. The fourth-order valence-corrected chi connectivity index (χ4v) is 8.86. The van der Waals surface area contributed by atoms with Crippen molar-refractivity contribution in [1.82, 2.24) is 47.9 Å². The maximum atomic E-state index is 14.1. The number of primary amides is 1. The summed E-state index contributed by atoms with van der Waals surface area (Å²) in [5.74, 6) is -4.32. The number of phenols is 1. The van der Waals surface area contributed by atoms with Gasteiger partial charge in [0.2, 0.25) is 35.4 Å². The van der Waals surface area contributed by atoms with Crippen LogP contribution >= 0.6 is 0 Å². The first-order valence-electron chi connectivity index (χ1n) is 22.1. The molecule has 0 saturated carbocycles. The fraction of sp³-hybridized carbons (Fsp3) is 0.522. The Balaban J connectivity index is 1.04. The quantitative estimate of drug-likeness (QED) is 0.0669. The predicted octanol–water partition coefficient (Wildman–Crippen LogP) is -0.830. The second-order valence-electron chi connectivity index (χ2n) is 17.6. The maximum absolute atomic E-state index is 14.1. The lowest BCUT2D eigenvalue weighted by Crippen LogP contribution is -2.54. The van der Waals surface area contributed by atoms with Crippen LogP contribution in [0.25, 0.3) is 10.8 Å². The van der Waals surface area contributed by atoms with Crippen molar-refractivity contribution in [3.63, 3.8) is 0 Å². The van der Waals surface area contributed by atoms with Crippen LogP contribution < -0.4 is 53.6 Å². The van der Waals surface area contributed by atoms with Crippen molar-refractivity contribution in [3.05, 3.63) is 77.9 Å². The molecule has 17 heteroatoms. The van der Waals surface area contributed by atoms with Gasteiger partial charge >= 0.3 is 0 Å². The summed E-state index contributed by atoms with van der Waals surface area (Å²) in [4.78, 5) is 79.9. The number of rotatable bonds is 20. The fourth-order valence-electron chi connectivity index (χ4n) is 8.86. The van der Waals surface area contributed by atoms with E-state index in [1.807, 2.05) is 39.1 Å². The minimum absolute atomic E-state index is 0.0114. The molecule has 0 bridgehead atoms. The van der Waals surface area contributed by atoms with Crippen molar-refractivity contribution in [2.24, 2.45) is 35.3 Å². The number of phenolic OH excluding ortho intramolecular Hbond substituents is 1. The Hall–Kier alpha value is -5.62. The van der Waals surface area contributed by atoms with Gasteiger partial charge in [0.1, 0.15) is 5.75 Å². The SMILES string of the molecule is CN[C@H](CC(=O)NC[C@H](Cc1ccc(O)cc1)C(=O)N[C@@H]1CNC[C@@H]1C(=O)N[C@@H]1CNC[C@@H]1C(=O)N[C@H](CC(=O)N[C@@H]1CNC[C@@H]1C(N)=O)C(C)C)Cc1cccc2ccccc12. The second-order valence-corrected chi connectivity index (χ2v) is 17.6. The van der Waals surface area contributed by atoms with Gasteiger partial charge in [-0.2, -0.15) is 0 Å². The second kappa shape index (κ2) is 22.1. The third-order valence-electron chi connectivity index (χ3n) is 12.7. The van der Waals surface area contributed by atoms with E-state index < -0.39 is 53.7 Å². The standard InChI is InChI=1S/C46H64N10O7/c1-26(2)37(18-42(59)53-38-23-49-20-34(38)43(47)60)54-45(62)36-22-51-25-40(36)56-46(63)35-21-50-24-39(35)55-44(61)30(15-27-11-13-32(57)14-12-27)19-52-41(58)17-31(48-3)16-29-9-6-8-28-7-4-5-10-33(28)29/h4-14,26,30-31,34-40,48-51,57H,15-25H2,1-3H3,(H2,47,60)(H,52,58)(H,53,59)(H,54,62)(H,55,61)(H,56,63)/t30-,31-,34-,35-,36-,37+,38+,39+,40+/m0/s1. The third-order valence-corrected chi connectivity index (χ3v) is 12.7. The van der Waals surface area contributed by atoms with Crippen LogP contribution in [0.15, 0.2) is 66.7 Å². The number of hydrogen-bond acceptors (Lipinski definition) is 11. The molecule has 0 spiro atoms. The highest BCUT2D eigenvalue weighted by atomic mass is 16.3. The van der Waals surface area contributed by atoms with Crippen LogP contribution in [0, 0.1) is 29.6 Å². The number of hydrogen-bond donors (Lipinski definition) is 11. The lowest BCUT2D eigenvalue weighted by Gasteiger charge is -2.28. The molecule has 17 nitrogen and oxygen atoms in total. The van der Waals surface area contributed by atoms with E-state index in [4.69, 9.17) is 5.73 Å². The Morgan fingerprint density at radius 3 is 1.98 bits per heavy atom. The Kier molecular flexibility index (Phi) is 16.5. The first kappa shape index (κ1) is 46.9. The van der Waals surface area contributed by atoms with E-state index in [0.29, 0.717) is 45.7 Å². The number of likely N-dealkylation sites (N-methyl/N-ethyl adjacent to an activating group) is 1. The number of nitrogens with two attached hydrogens (primary N) is 1. The predicted molar refractivity (Wildman–Crippen MR) is 239 cm³/mol. The van der Waals surface area contributed by atoms with Gasteiger partial charge in [0.05, 0.1) is 41.8 Å². The zero-order chi connectivity index (χ0) is 45.0. The maximum Gasteiger partial charge on any atom is 0.226 e. The molecule has 0 radical (unpaired) electrons. The van der Waals surface area contributed by atoms with E-state index >= 15 is 0 Å². The van der Waals surface area contributed by atoms with Crippen molar-refractivity contribution in [1.29, 1.82) is 0 Å². The molecule has 63 heavy (non-hydrogen) atoms. The molecule has 0 aliphatic carbocycles. The summed E-state index contributed by atoms with van der Waals surface area (Å²) in [6.07, 6.45) is 1.13. The topological polar surface area (TPSA) is 257 Å². The molecule has 9 atom stereocenters. The molecular weight excluding hydrogens is 805 g/mol. The van der Waals surface area contributed by atoms with Gasteiger partial charge in [-0.05, 0) is 59.8 Å². The molecule has 3 fully saturated rings. The highest BCUT2D eigenvalue weighted by molar-refractivity contribution is 5.88. The first-order chi connectivity index (χ1) is 30.3. The summed E-state index contributed by atoms with van der Waals surface area (Å²) in [5, 5.41) is 40.0. The van der Waals surface area contributed by atoms with Crippen molar-refractivity contribution in [3.8, 4) is 5.75 Å². The minimum Gasteiger partial charge on any atom is -0.508 e. The Morgan fingerprint density at radius 2 is 1.32 bits per heavy atom. The molecule has 12 N–H and O–H groups in total. The van der Waals surface area contributed by atoms with E-state index in [1.54, 1.807) is 24.3 Å². The zero-order valence-corrected chi connectivity index (χ0v) is 36.4. The van der Waals surface area contributed by atoms with E-state index in [-0.39, 0.29) is 73.1 Å². The van der Waals surface area contributed by atoms with E-state index in [1.165, 1.54) is 0 Å². The van der Waals surface area contributed by atoms with Gasteiger partial charge in [0, 0.05) is 70.7 Å². The van der Waals surface area contributed by atoms with Crippen molar-refractivity contribution >= 4 is 46.2 Å². The van der Waals surface area contributed by atoms with Gasteiger partial charge in [-0.3, -0.25) is 28.8 Å². The number of amides is 6. The Bertz CT molecular complexity index is 2080. The summed E-state index contributed by atoms with van der Waals surface area (Å²) >= 11 is 0. The third kappa shape index (κ3) is 12.7. The van der Waals surface area contributed by atoms with Crippen molar-refractivity contribution in [2.75, 3.05) is 52.9 Å². The van der Waals surface area contributed by atoms with Crippen molar-refractivity contribution in [2.45, 2.75) is 69.7 Å². The highest BCUT2D eigenvalue weighted by Gasteiger charge is 2.41. The van der Waals surface area contributed by atoms with Gasteiger partial charge < -0.3 is 58.7 Å². The van der Waals surface area contributed by atoms with Gasteiger partial charge in [-0.1, -0.05) is 68.4 Å². The lowest BCUT2D eigenvalue weighted by atomic mass is 9.95. The summed E-state index contributed by atoms with van der Waals surface area (Å²) in [5.41, 5.74) is 7.43. The number of benzene rings is 3. The lowest BCUT2D eigenvalue weighted by molar-refractivity contribution is -0.129. The average molecular weight is 869 g/mol. The van der Waals surface area contributed by atoms with Gasteiger partial charge in [0.15, 0.2) is 0 Å². The van der Waals surface area contributed by atoms with Gasteiger partial charge in [-0.25, -0.2) is 0 Å². The smallest absolute Gasteiger partial charge is 0.226 e. The van der Waals surface area contributed by atoms with Crippen LogP contribution in [-0.4, -0.2) is 124 Å². The van der Waals surface area contributed by atoms with Crippen LogP contribution in [-0.2, 0) is 41.6 Å². The number of nitrogens with one attached hydrogen (secondary N) is 9. The van der Waals surface area contributed by atoms with Crippen molar-refractivity contribution < 1.29 is 33.9 Å². The summed E-state index contributed by atoms with van der Waals surface area (Å²) in [6.45, 7) is 6.05. The van der Waals surface area contributed by atoms with E-state index in [0.717, 1.165) is 21.9 Å². The number of carbonyl (C=O) groups excluding carboxylic acids is 6. The number of aromatic hydroxyl groups is 1. The van der Waals surface area contributed by atoms with Crippen LogP contribution in [0.5, 0.6) is 5.75 Å². The van der Waals surface area contributed by atoms with Gasteiger partial charge in [-0.15, -0.1) is 0 Å². The molecule has 3 aromatic carbocycles. The molecule has 3 aromatic rings. The first-order valence-corrected chi connectivity index (χ1v) is 22.1. The molecule has 3 heterocycles. The molecule has 340 valence electrons. The molecule has 0 aromatic heterocycles. The normalized spacial score (nSPS) is 23.4. The Morgan fingerprint density at radius 1 is 0.698 bits per heavy atom. The number of fused-ring (bicyclic) bond motifs is 1. The molecule has 3 aliphatic heterocycles. The van der Waals surface area contributed by atoms with Crippen LogP contribution in [0.4, 0.5) is 0 Å². The zero-order valence-electron chi connectivity index (χ0n) is 36.4. The van der Waals surface area contributed by atoms with Crippen LogP contribution in [0.3, 0.4) is 0 Å². The van der Waals surface area contributed by atoms with Crippen LogP contribution in [0.1, 0.15) is 37.8 Å². The largest absolute Gasteiger partial charge is 0.508 e. The van der Waals surface area contributed by atoms with E-state index in [9.17, 15) is 33.9 Å². The van der Waals surface area contributed by atoms with Gasteiger partial charge in [0.25, 0.3) is 0 Å². The summed E-state index contributed by atoms with van der Waals surface area (Å²) < 4.78 is 0. The molecule has 3 aliphatic rings. The minimum atomic E-state index is -0.684. The van der Waals surface area contributed by atoms with E-state index in [2.05, 4.69) is 72.1 Å². The molecule has 6 rings (SSSR count).